The lowest BCUT2D eigenvalue weighted by atomic mass is 10.1. The van der Waals surface area contributed by atoms with Crippen LogP contribution in [0.1, 0.15) is 17.3 Å². The van der Waals surface area contributed by atoms with Crippen LogP contribution < -0.4 is 10.1 Å². The van der Waals surface area contributed by atoms with E-state index in [2.05, 4.69) is 15.4 Å². The lowest BCUT2D eigenvalue weighted by molar-refractivity contribution is 0.0860. The second kappa shape index (κ2) is 7.71. The Morgan fingerprint density at radius 3 is 2.55 bits per heavy atom. The molecule has 4 aromatic rings. The molecule has 0 aliphatic rings. The number of pyridine rings is 1. The maximum Gasteiger partial charge on any atom is 0.256 e. The minimum Gasteiger partial charge on any atom is -0.461 e. The number of rotatable bonds is 5. The molecule has 2 aromatic carbocycles. The van der Waals surface area contributed by atoms with Crippen LogP contribution in [-0.4, -0.2) is 27.0 Å². The maximum absolute atomic E-state index is 12.9. The summed E-state index contributed by atoms with van der Waals surface area (Å²) < 4.78 is 19.6. The Hall–Kier alpha value is -3.74. The van der Waals surface area contributed by atoms with Gasteiger partial charge in [-0.15, -0.1) is 0 Å². The van der Waals surface area contributed by atoms with E-state index in [9.17, 15) is 9.18 Å². The van der Waals surface area contributed by atoms with Crippen molar-refractivity contribution < 1.29 is 13.9 Å². The normalized spacial score (nSPS) is 12.0. The number of amides is 1. The van der Waals surface area contributed by atoms with Gasteiger partial charge in [0.15, 0.2) is 0 Å². The number of carbonyl (C=O) groups excluding carboxylic acids is 1. The second-order valence-electron chi connectivity index (χ2n) is 6.67. The van der Waals surface area contributed by atoms with Gasteiger partial charge in [-0.2, -0.15) is 5.10 Å². The average Bonchev–Trinajstić information content (AvgIpc) is 3.14. The summed E-state index contributed by atoms with van der Waals surface area (Å²) in [6, 6.07) is 14.1. The van der Waals surface area contributed by atoms with E-state index >= 15 is 0 Å². The van der Waals surface area contributed by atoms with E-state index in [0.29, 0.717) is 17.1 Å². The fourth-order valence-electron chi connectivity index (χ4n) is 3.02. The van der Waals surface area contributed by atoms with E-state index < -0.39 is 6.36 Å². The third-order valence-electron chi connectivity index (χ3n) is 4.42. The van der Waals surface area contributed by atoms with Crippen LogP contribution >= 0.6 is 0 Å². The van der Waals surface area contributed by atoms with Gasteiger partial charge in [0, 0.05) is 42.9 Å². The molecular formula is C22H19FN4O2. The standard InChI is InChI=1S/C22H19FN4O2/c1-14(23)29-20-7-5-15(6-8-20)22(28)26-21-10-18-9-16(3-4-17(18)11-24-21)19-12-25-27(2)13-19/h3-14H,1-2H3,(H,24,26,28)/t14-/m1/s1. The molecule has 1 amide bonds. The van der Waals surface area contributed by atoms with Gasteiger partial charge in [0.1, 0.15) is 11.6 Å². The van der Waals surface area contributed by atoms with Gasteiger partial charge in [-0.05, 0) is 47.3 Å². The van der Waals surface area contributed by atoms with Gasteiger partial charge in [0.25, 0.3) is 5.91 Å². The SMILES string of the molecule is C[C@H](F)Oc1ccc(C(=O)Nc2cc3cc(-c4cnn(C)c4)ccc3cn2)cc1. The summed E-state index contributed by atoms with van der Waals surface area (Å²) in [5.74, 6) is 0.506. The number of alkyl halides is 1. The summed E-state index contributed by atoms with van der Waals surface area (Å²) in [6.07, 6.45) is 4.06. The highest BCUT2D eigenvalue weighted by Crippen LogP contribution is 2.25. The zero-order valence-electron chi connectivity index (χ0n) is 16.0. The number of halogens is 1. The van der Waals surface area contributed by atoms with Crippen molar-refractivity contribution in [3.63, 3.8) is 0 Å². The van der Waals surface area contributed by atoms with E-state index in [1.807, 2.05) is 43.7 Å². The molecule has 7 heteroatoms. The minimum absolute atomic E-state index is 0.305. The molecular weight excluding hydrogens is 371 g/mol. The van der Waals surface area contributed by atoms with Gasteiger partial charge in [0.05, 0.1) is 6.20 Å². The highest BCUT2D eigenvalue weighted by atomic mass is 19.1. The Balaban J connectivity index is 1.55. The minimum atomic E-state index is -1.41. The number of benzene rings is 2. The molecule has 29 heavy (non-hydrogen) atoms. The third kappa shape index (κ3) is 4.24. The Morgan fingerprint density at radius 1 is 1.07 bits per heavy atom. The molecule has 1 N–H and O–H groups in total. The summed E-state index contributed by atoms with van der Waals surface area (Å²) in [4.78, 5) is 16.8. The Bertz CT molecular complexity index is 1170. The highest BCUT2D eigenvalue weighted by molar-refractivity contribution is 6.04. The summed E-state index contributed by atoms with van der Waals surface area (Å²) >= 11 is 0. The first kappa shape index (κ1) is 18.6. The fourth-order valence-corrected chi connectivity index (χ4v) is 3.02. The summed E-state index contributed by atoms with van der Waals surface area (Å²) in [6.45, 7) is 1.30. The second-order valence-corrected chi connectivity index (χ2v) is 6.67. The number of hydrogen-bond acceptors (Lipinski definition) is 4. The average molecular weight is 390 g/mol. The molecule has 1 atom stereocenters. The van der Waals surface area contributed by atoms with Gasteiger partial charge in [-0.1, -0.05) is 12.1 Å². The predicted octanol–water partition coefficient (Wildman–Crippen LogP) is 4.58. The molecule has 146 valence electrons. The molecule has 0 saturated carbocycles. The van der Waals surface area contributed by atoms with Crippen molar-refractivity contribution in [2.24, 2.45) is 7.05 Å². The Labute approximate surface area is 167 Å². The van der Waals surface area contributed by atoms with Gasteiger partial charge in [-0.3, -0.25) is 9.48 Å². The van der Waals surface area contributed by atoms with E-state index in [0.717, 1.165) is 21.9 Å². The molecule has 0 spiro atoms. The molecule has 0 radical (unpaired) electrons. The third-order valence-corrected chi connectivity index (χ3v) is 4.42. The number of ether oxygens (including phenoxy) is 1. The summed E-state index contributed by atoms with van der Waals surface area (Å²) in [5.41, 5.74) is 2.48. The molecule has 0 fully saturated rings. The van der Waals surface area contributed by atoms with Crippen LogP contribution in [0.4, 0.5) is 10.2 Å². The monoisotopic (exact) mass is 390 g/mol. The van der Waals surface area contributed by atoms with E-state index in [4.69, 9.17) is 4.74 Å². The van der Waals surface area contributed by atoms with Gasteiger partial charge < -0.3 is 10.1 Å². The maximum atomic E-state index is 12.9. The molecule has 0 aliphatic carbocycles. The van der Waals surface area contributed by atoms with Crippen molar-refractivity contribution in [3.8, 4) is 16.9 Å². The Kier molecular flexibility index (Phi) is 4.95. The van der Waals surface area contributed by atoms with E-state index in [-0.39, 0.29) is 5.91 Å². The number of fused-ring (bicyclic) bond motifs is 1. The van der Waals surface area contributed by atoms with Crippen LogP contribution in [0.3, 0.4) is 0 Å². The molecule has 2 aromatic heterocycles. The smallest absolute Gasteiger partial charge is 0.256 e. The number of carbonyl (C=O) groups is 1. The molecule has 4 rings (SSSR count). The first-order chi connectivity index (χ1) is 14.0. The first-order valence-corrected chi connectivity index (χ1v) is 9.09. The van der Waals surface area contributed by atoms with Crippen molar-refractivity contribution in [1.82, 2.24) is 14.8 Å². The largest absolute Gasteiger partial charge is 0.461 e. The molecule has 0 aliphatic heterocycles. The van der Waals surface area contributed by atoms with Crippen molar-refractivity contribution in [3.05, 3.63) is 72.7 Å². The van der Waals surface area contributed by atoms with Gasteiger partial charge in [-0.25, -0.2) is 9.37 Å². The predicted molar refractivity (Wildman–Crippen MR) is 110 cm³/mol. The first-order valence-electron chi connectivity index (χ1n) is 9.09. The van der Waals surface area contributed by atoms with E-state index in [1.165, 1.54) is 6.92 Å². The van der Waals surface area contributed by atoms with Crippen LogP contribution in [0.15, 0.2) is 67.1 Å². The highest BCUT2D eigenvalue weighted by Gasteiger charge is 2.09. The summed E-state index contributed by atoms with van der Waals surface area (Å²) in [5, 5.41) is 8.92. The lowest BCUT2D eigenvalue weighted by Crippen LogP contribution is -2.13. The molecule has 0 unspecified atom stereocenters. The number of aromatic nitrogens is 3. The lowest BCUT2D eigenvalue weighted by Gasteiger charge is -2.09. The zero-order chi connectivity index (χ0) is 20.4. The van der Waals surface area contributed by atoms with Crippen LogP contribution in [0, 0.1) is 0 Å². The van der Waals surface area contributed by atoms with Gasteiger partial charge in [0.2, 0.25) is 6.36 Å². The van der Waals surface area contributed by atoms with Crippen molar-refractivity contribution in [2.75, 3.05) is 5.32 Å². The summed E-state index contributed by atoms with van der Waals surface area (Å²) in [7, 11) is 1.87. The van der Waals surface area contributed by atoms with Gasteiger partial charge >= 0.3 is 0 Å². The molecule has 0 saturated heterocycles. The van der Waals surface area contributed by atoms with Crippen LogP contribution in [0.2, 0.25) is 0 Å². The van der Waals surface area contributed by atoms with E-state index in [1.54, 1.807) is 35.1 Å². The zero-order valence-corrected chi connectivity index (χ0v) is 16.0. The molecule has 0 bridgehead atoms. The van der Waals surface area contributed by atoms with Crippen LogP contribution in [-0.2, 0) is 7.05 Å². The van der Waals surface area contributed by atoms with Crippen molar-refractivity contribution in [2.45, 2.75) is 13.3 Å². The number of aryl methyl sites for hydroxylation is 1. The van der Waals surface area contributed by atoms with Crippen molar-refractivity contribution >= 4 is 22.5 Å². The Morgan fingerprint density at radius 2 is 1.86 bits per heavy atom. The molecule has 2 heterocycles. The fraction of sp³-hybridized carbons (Fsp3) is 0.136. The van der Waals surface area contributed by atoms with Crippen LogP contribution in [0.25, 0.3) is 21.9 Å². The van der Waals surface area contributed by atoms with Crippen LogP contribution in [0.5, 0.6) is 5.75 Å². The number of nitrogens with one attached hydrogen (secondary N) is 1. The molecule has 6 nitrogen and oxygen atoms in total. The number of nitrogens with zero attached hydrogens (tertiary/aromatic N) is 3. The quantitative estimate of drug-likeness (QED) is 0.541. The number of hydrogen-bond donors (Lipinski definition) is 1. The number of anilines is 1. The topological polar surface area (TPSA) is 69.0 Å². The van der Waals surface area contributed by atoms with Crippen molar-refractivity contribution in [1.29, 1.82) is 0 Å².